The monoisotopic (exact) mass is 362 g/mol. The fourth-order valence-corrected chi connectivity index (χ4v) is 3.77. The molecule has 1 aliphatic rings. The molecule has 26 heavy (non-hydrogen) atoms. The summed E-state index contributed by atoms with van der Waals surface area (Å²) in [6.45, 7) is 13.7. The molecule has 0 aliphatic carbocycles. The van der Waals surface area contributed by atoms with Gasteiger partial charge in [0.2, 0.25) is 0 Å². The molecule has 5 heteroatoms. The van der Waals surface area contributed by atoms with Crippen LogP contribution in [-0.4, -0.2) is 50.2 Å². The third-order valence-corrected chi connectivity index (χ3v) is 4.69. The van der Waals surface area contributed by atoms with Crippen molar-refractivity contribution in [2.24, 2.45) is 11.8 Å². The van der Waals surface area contributed by atoms with Crippen molar-refractivity contribution in [3.63, 3.8) is 0 Å². The van der Waals surface area contributed by atoms with E-state index in [0.29, 0.717) is 36.8 Å². The van der Waals surface area contributed by atoms with Crippen LogP contribution in [0.4, 0.5) is 0 Å². The van der Waals surface area contributed by atoms with E-state index in [-0.39, 0.29) is 5.91 Å². The number of carbonyl (C=O) groups is 1. The Morgan fingerprint density at radius 1 is 1.12 bits per heavy atom. The summed E-state index contributed by atoms with van der Waals surface area (Å²) in [5, 5.41) is 3.02. The van der Waals surface area contributed by atoms with E-state index in [4.69, 9.17) is 9.47 Å². The fourth-order valence-electron chi connectivity index (χ4n) is 3.77. The SMILES string of the molecule is CCOc1ccc(C(=O)NCCCN2C[C@@H](C)C[C@H](C)C2)cc1OCC. The average molecular weight is 363 g/mol. The lowest BCUT2D eigenvalue weighted by molar-refractivity contribution is 0.0946. The minimum atomic E-state index is -0.0608. The maximum absolute atomic E-state index is 12.4. The van der Waals surface area contributed by atoms with Gasteiger partial charge in [-0.3, -0.25) is 4.79 Å². The van der Waals surface area contributed by atoms with Crippen LogP contribution in [0.25, 0.3) is 0 Å². The highest BCUT2D eigenvalue weighted by Gasteiger charge is 2.21. The second-order valence-corrected chi connectivity index (χ2v) is 7.34. The number of carbonyl (C=O) groups excluding carboxylic acids is 1. The molecule has 0 saturated carbocycles. The first-order valence-electron chi connectivity index (χ1n) is 9.93. The van der Waals surface area contributed by atoms with E-state index in [0.717, 1.165) is 24.8 Å². The number of ether oxygens (including phenoxy) is 2. The largest absolute Gasteiger partial charge is 0.490 e. The molecular formula is C21H34N2O3. The molecule has 1 aromatic rings. The minimum absolute atomic E-state index is 0.0608. The third-order valence-electron chi connectivity index (χ3n) is 4.69. The molecule has 1 fully saturated rings. The van der Waals surface area contributed by atoms with Crippen molar-refractivity contribution >= 4 is 5.91 Å². The lowest BCUT2D eigenvalue weighted by atomic mass is 9.92. The van der Waals surface area contributed by atoms with E-state index in [1.54, 1.807) is 18.2 Å². The lowest BCUT2D eigenvalue weighted by Crippen LogP contribution is -2.40. The summed E-state index contributed by atoms with van der Waals surface area (Å²) >= 11 is 0. The van der Waals surface area contributed by atoms with Crippen molar-refractivity contribution in [1.82, 2.24) is 10.2 Å². The molecule has 0 spiro atoms. The highest BCUT2D eigenvalue weighted by molar-refractivity contribution is 5.94. The van der Waals surface area contributed by atoms with E-state index in [1.807, 2.05) is 13.8 Å². The van der Waals surface area contributed by atoms with Gasteiger partial charge in [-0.1, -0.05) is 13.8 Å². The Morgan fingerprint density at radius 2 is 1.77 bits per heavy atom. The smallest absolute Gasteiger partial charge is 0.251 e. The van der Waals surface area contributed by atoms with Gasteiger partial charge in [0.05, 0.1) is 13.2 Å². The molecule has 0 unspecified atom stereocenters. The maximum atomic E-state index is 12.4. The summed E-state index contributed by atoms with van der Waals surface area (Å²) < 4.78 is 11.1. The molecule has 0 bridgehead atoms. The Kier molecular flexibility index (Phi) is 8.23. The number of hydrogen-bond acceptors (Lipinski definition) is 4. The maximum Gasteiger partial charge on any atom is 0.251 e. The summed E-state index contributed by atoms with van der Waals surface area (Å²) in [6.07, 6.45) is 2.30. The molecule has 2 atom stereocenters. The van der Waals surface area contributed by atoms with Crippen LogP contribution in [0.5, 0.6) is 11.5 Å². The van der Waals surface area contributed by atoms with Gasteiger partial charge in [0, 0.05) is 25.2 Å². The van der Waals surface area contributed by atoms with E-state index in [9.17, 15) is 4.79 Å². The molecule has 1 heterocycles. The molecule has 2 rings (SSSR count). The van der Waals surface area contributed by atoms with Crippen molar-refractivity contribution in [3.05, 3.63) is 23.8 Å². The molecule has 1 saturated heterocycles. The zero-order chi connectivity index (χ0) is 18.9. The van der Waals surface area contributed by atoms with Crippen molar-refractivity contribution in [2.75, 3.05) is 39.4 Å². The first-order valence-corrected chi connectivity index (χ1v) is 9.93. The third kappa shape index (κ3) is 6.20. The molecule has 0 radical (unpaired) electrons. The van der Waals surface area contributed by atoms with E-state index in [2.05, 4.69) is 24.1 Å². The van der Waals surface area contributed by atoms with Crippen LogP contribution < -0.4 is 14.8 Å². The summed E-state index contributed by atoms with van der Waals surface area (Å²) in [7, 11) is 0. The molecule has 0 aromatic heterocycles. The van der Waals surface area contributed by atoms with Crippen LogP contribution in [0.15, 0.2) is 18.2 Å². The predicted octanol–water partition coefficient (Wildman–Crippen LogP) is 3.58. The summed E-state index contributed by atoms with van der Waals surface area (Å²) in [5.41, 5.74) is 0.608. The Hall–Kier alpha value is -1.75. The molecule has 1 aliphatic heterocycles. The Morgan fingerprint density at radius 3 is 2.42 bits per heavy atom. The molecule has 1 N–H and O–H groups in total. The zero-order valence-corrected chi connectivity index (χ0v) is 16.7. The lowest BCUT2D eigenvalue weighted by Gasteiger charge is -2.34. The number of nitrogens with one attached hydrogen (secondary N) is 1. The molecule has 146 valence electrons. The quantitative estimate of drug-likeness (QED) is 0.682. The topological polar surface area (TPSA) is 50.8 Å². The van der Waals surface area contributed by atoms with Gasteiger partial charge in [0.15, 0.2) is 11.5 Å². The van der Waals surface area contributed by atoms with Gasteiger partial charge in [0.25, 0.3) is 5.91 Å². The Labute approximate surface area is 158 Å². The highest BCUT2D eigenvalue weighted by Crippen LogP contribution is 2.28. The zero-order valence-electron chi connectivity index (χ0n) is 16.7. The Bertz CT molecular complexity index is 566. The number of nitrogens with zero attached hydrogens (tertiary/aromatic N) is 1. The van der Waals surface area contributed by atoms with E-state index < -0.39 is 0 Å². The number of benzene rings is 1. The van der Waals surface area contributed by atoms with E-state index in [1.165, 1.54) is 19.5 Å². The molecular weight excluding hydrogens is 328 g/mol. The van der Waals surface area contributed by atoms with Gasteiger partial charge in [-0.2, -0.15) is 0 Å². The van der Waals surface area contributed by atoms with E-state index >= 15 is 0 Å². The first-order chi connectivity index (χ1) is 12.5. The van der Waals surface area contributed by atoms with Gasteiger partial charge >= 0.3 is 0 Å². The number of rotatable bonds is 9. The standard InChI is InChI=1S/C21H34N2O3/c1-5-25-19-9-8-18(13-20(19)26-6-2)21(24)22-10-7-11-23-14-16(3)12-17(4)15-23/h8-9,13,16-17H,5-7,10-12,14-15H2,1-4H3,(H,22,24)/t16-,17-/m0/s1. The van der Waals surface area contributed by atoms with Gasteiger partial charge in [-0.25, -0.2) is 0 Å². The van der Waals surface area contributed by atoms with Gasteiger partial charge in [0.1, 0.15) is 0 Å². The second kappa shape index (κ2) is 10.4. The van der Waals surface area contributed by atoms with Crippen LogP contribution in [-0.2, 0) is 0 Å². The number of hydrogen-bond donors (Lipinski definition) is 1. The number of likely N-dealkylation sites (tertiary alicyclic amines) is 1. The van der Waals surface area contributed by atoms with Crippen LogP contribution in [0, 0.1) is 11.8 Å². The van der Waals surface area contributed by atoms with Gasteiger partial charge < -0.3 is 19.7 Å². The fraction of sp³-hybridized carbons (Fsp3) is 0.667. The molecule has 1 aromatic carbocycles. The van der Waals surface area contributed by atoms with Crippen LogP contribution in [0.3, 0.4) is 0 Å². The Balaban J connectivity index is 1.81. The number of piperidine rings is 1. The van der Waals surface area contributed by atoms with Crippen LogP contribution >= 0.6 is 0 Å². The van der Waals surface area contributed by atoms with Crippen LogP contribution in [0.2, 0.25) is 0 Å². The minimum Gasteiger partial charge on any atom is -0.490 e. The number of amides is 1. The van der Waals surface area contributed by atoms with Crippen LogP contribution in [0.1, 0.15) is 50.9 Å². The molecule has 5 nitrogen and oxygen atoms in total. The summed E-state index contributed by atoms with van der Waals surface area (Å²) in [4.78, 5) is 14.9. The average Bonchev–Trinajstić information content (AvgIpc) is 2.59. The normalized spacial score (nSPS) is 20.6. The van der Waals surface area contributed by atoms with Gasteiger partial charge in [-0.05, 0) is 63.3 Å². The van der Waals surface area contributed by atoms with Crippen molar-refractivity contribution in [3.8, 4) is 11.5 Å². The second-order valence-electron chi connectivity index (χ2n) is 7.34. The van der Waals surface area contributed by atoms with Crippen molar-refractivity contribution in [2.45, 2.75) is 40.5 Å². The predicted molar refractivity (Wildman–Crippen MR) is 105 cm³/mol. The first kappa shape index (κ1) is 20.6. The summed E-state index contributed by atoms with van der Waals surface area (Å²) in [6, 6.07) is 5.36. The molecule has 1 amide bonds. The summed E-state index contributed by atoms with van der Waals surface area (Å²) in [5.74, 6) is 2.79. The highest BCUT2D eigenvalue weighted by atomic mass is 16.5. The van der Waals surface area contributed by atoms with Crippen molar-refractivity contribution in [1.29, 1.82) is 0 Å². The van der Waals surface area contributed by atoms with Gasteiger partial charge in [-0.15, -0.1) is 0 Å². The van der Waals surface area contributed by atoms with Crippen molar-refractivity contribution < 1.29 is 14.3 Å².